The lowest BCUT2D eigenvalue weighted by Gasteiger charge is -2.37. The van der Waals surface area contributed by atoms with Crippen LogP contribution in [0.1, 0.15) is 38.6 Å². The minimum absolute atomic E-state index is 0.526. The highest BCUT2D eigenvalue weighted by molar-refractivity contribution is 7.13. The Hall–Kier alpha value is -1.13. The topological polar surface area (TPSA) is 29.9 Å². The van der Waals surface area contributed by atoms with E-state index in [1.54, 1.807) is 11.3 Å². The highest BCUT2D eigenvalue weighted by Gasteiger charge is 2.31. The van der Waals surface area contributed by atoms with Gasteiger partial charge >= 0.3 is 0 Å². The van der Waals surface area contributed by atoms with Crippen LogP contribution in [0, 0.1) is 5.92 Å². The van der Waals surface area contributed by atoms with Crippen molar-refractivity contribution in [3.63, 3.8) is 0 Å². The lowest BCUT2D eigenvalue weighted by atomic mass is 9.81. The summed E-state index contributed by atoms with van der Waals surface area (Å²) in [5, 5.41) is 5.64. The molecule has 0 spiro atoms. The first-order valence-electron chi connectivity index (χ1n) is 7.57. The smallest absolute Gasteiger partial charge is 0.150 e. The van der Waals surface area contributed by atoms with E-state index in [1.165, 1.54) is 30.6 Å². The fourth-order valence-electron chi connectivity index (χ4n) is 3.42. The number of imidazole rings is 1. The van der Waals surface area contributed by atoms with Gasteiger partial charge in [-0.25, -0.2) is 4.98 Å². The molecular formula is C16H23N3S. The van der Waals surface area contributed by atoms with Crippen molar-refractivity contribution in [2.24, 2.45) is 5.92 Å². The summed E-state index contributed by atoms with van der Waals surface area (Å²) >= 11 is 1.77. The van der Waals surface area contributed by atoms with Crippen molar-refractivity contribution in [3.8, 4) is 10.7 Å². The van der Waals surface area contributed by atoms with Crippen LogP contribution in [0.3, 0.4) is 0 Å². The van der Waals surface area contributed by atoms with E-state index in [4.69, 9.17) is 0 Å². The maximum atomic E-state index is 4.60. The number of thiophene rings is 1. The molecule has 4 heteroatoms. The molecule has 1 N–H and O–H groups in total. The van der Waals surface area contributed by atoms with Crippen molar-refractivity contribution >= 4 is 11.3 Å². The zero-order chi connectivity index (χ0) is 13.9. The second kappa shape index (κ2) is 6.10. The van der Waals surface area contributed by atoms with Crippen molar-refractivity contribution in [2.75, 3.05) is 7.05 Å². The first-order valence-corrected chi connectivity index (χ1v) is 8.45. The molecule has 1 fully saturated rings. The van der Waals surface area contributed by atoms with Crippen LogP contribution in [0.4, 0.5) is 0 Å². The summed E-state index contributed by atoms with van der Waals surface area (Å²) in [5.41, 5.74) is 0. The molecule has 0 radical (unpaired) electrons. The van der Waals surface area contributed by atoms with Gasteiger partial charge in [0.05, 0.1) is 10.9 Å². The zero-order valence-corrected chi connectivity index (χ0v) is 13.1. The van der Waals surface area contributed by atoms with E-state index >= 15 is 0 Å². The Morgan fingerprint density at radius 3 is 3.05 bits per heavy atom. The quantitative estimate of drug-likeness (QED) is 0.923. The van der Waals surface area contributed by atoms with Crippen LogP contribution < -0.4 is 5.32 Å². The molecule has 2 heterocycles. The fourth-order valence-corrected chi connectivity index (χ4v) is 4.15. The number of likely N-dealkylation sites (N-methyl/N-ethyl adjacent to an activating group) is 1. The van der Waals surface area contributed by atoms with Gasteiger partial charge in [0.15, 0.2) is 0 Å². The number of hydrogen-bond acceptors (Lipinski definition) is 3. The Balaban J connectivity index is 1.92. The molecule has 2 aromatic rings. The van der Waals surface area contributed by atoms with Crippen LogP contribution in [0.15, 0.2) is 29.9 Å². The first-order chi connectivity index (χ1) is 9.83. The predicted octanol–water partition coefficient (Wildman–Crippen LogP) is 3.95. The molecule has 1 aliphatic rings. The summed E-state index contributed by atoms with van der Waals surface area (Å²) < 4.78 is 2.40. The molecule has 3 unspecified atom stereocenters. The molecule has 0 saturated heterocycles. The molecule has 3 rings (SSSR count). The van der Waals surface area contributed by atoms with Gasteiger partial charge in [-0.3, -0.25) is 0 Å². The minimum Gasteiger partial charge on any atom is -0.326 e. The second-order valence-electron chi connectivity index (χ2n) is 5.69. The van der Waals surface area contributed by atoms with Gasteiger partial charge in [-0.05, 0) is 43.7 Å². The fraction of sp³-hybridized carbons (Fsp3) is 0.562. The predicted molar refractivity (Wildman–Crippen MR) is 85.1 cm³/mol. The normalized spacial score (nSPS) is 26.8. The maximum absolute atomic E-state index is 4.60. The van der Waals surface area contributed by atoms with E-state index in [0.717, 1.165) is 11.7 Å². The van der Waals surface area contributed by atoms with Crippen LogP contribution in [0.5, 0.6) is 0 Å². The van der Waals surface area contributed by atoms with Crippen LogP contribution in [0.2, 0.25) is 0 Å². The average molecular weight is 289 g/mol. The monoisotopic (exact) mass is 289 g/mol. The molecule has 0 bridgehead atoms. The van der Waals surface area contributed by atoms with Crippen LogP contribution in [-0.4, -0.2) is 22.6 Å². The van der Waals surface area contributed by atoms with Crippen LogP contribution in [-0.2, 0) is 0 Å². The standard InChI is InChI=1S/C16H23N3S/c1-3-12-6-7-13(17-2)14(11-12)19-9-8-18-16(19)15-5-4-10-20-15/h4-5,8-10,12-14,17H,3,6-7,11H2,1-2H3. The Morgan fingerprint density at radius 2 is 2.35 bits per heavy atom. The summed E-state index contributed by atoms with van der Waals surface area (Å²) in [5.74, 6) is 1.98. The molecule has 3 atom stereocenters. The van der Waals surface area contributed by atoms with Gasteiger partial charge in [0.1, 0.15) is 5.82 Å². The lowest BCUT2D eigenvalue weighted by molar-refractivity contribution is 0.210. The molecule has 3 nitrogen and oxygen atoms in total. The summed E-state index contributed by atoms with van der Waals surface area (Å²) in [6, 6.07) is 5.35. The van der Waals surface area contributed by atoms with Gasteiger partial charge in [-0.2, -0.15) is 0 Å². The third-order valence-corrected chi connectivity index (χ3v) is 5.51. The summed E-state index contributed by atoms with van der Waals surface area (Å²) in [6.45, 7) is 2.31. The number of rotatable bonds is 4. The Bertz CT molecular complexity index is 532. The summed E-state index contributed by atoms with van der Waals surface area (Å²) in [4.78, 5) is 5.87. The highest BCUT2D eigenvalue weighted by atomic mass is 32.1. The summed E-state index contributed by atoms with van der Waals surface area (Å²) in [6.07, 6.45) is 9.26. The van der Waals surface area contributed by atoms with E-state index in [1.807, 2.05) is 6.20 Å². The van der Waals surface area contributed by atoms with E-state index in [2.05, 4.69) is 52.5 Å². The minimum atomic E-state index is 0.526. The lowest BCUT2D eigenvalue weighted by Crippen LogP contribution is -2.40. The van der Waals surface area contributed by atoms with Gasteiger partial charge < -0.3 is 9.88 Å². The van der Waals surface area contributed by atoms with Crippen molar-refractivity contribution < 1.29 is 0 Å². The Morgan fingerprint density at radius 1 is 1.45 bits per heavy atom. The third-order valence-electron chi connectivity index (χ3n) is 4.64. The molecule has 1 aliphatic carbocycles. The number of nitrogens with one attached hydrogen (secondary N) is 1. The molecule has 20 heavy (non-hydrogen) atoms. The molecule has 0 aliphatic heterocycles. The maximum Gasteiger partial charge on any atom is 0.150 e. The van der Waals surface area contributed by atoms with E-state index < -0.39 is 0 Å². The van der Waals surface area contributed by atoms with Crippen molar-refractivity contribution in [1.82, 2.24) is 14.9 Å². The van der Waals surface area contributed by atoms with Crippen molar-refractivity contribution in [3.05, 3.63) is 29.9 Å². The van der Waals surface area contributed by atoms with Gasteiger partial charge in [0, 0.05) is 18.4 Å². The van der Waals surface area contributed by atoms with Gasteiger partial charge in [-0.1, -0.05) is 19.4 Å². The SMILES string of the molecule is CCC1CCC(NC)C(n2ccnc2-c2cccs2)C1. The number of nitrogens with zero attached hydrogens (tertiary/aromatic N) is 2. The van der Waals surface area contributed by atoms with Gasteiger partial charge in [0.25, 0.3) is 0 Å². The Kier molecular flexibility index (Phi) is 4.22. The third kappa shape index (κ3) is 2.54. The van der Waals surface area contributed by atoms with Crippen LogP contribution in [0.25, 0.3) is 10.7 Å². The molecule has 108 valence electrons. The van der Waals surface area contributed by atoms with Gasteiger partial charge in [-0.15, -0.1) is 11.3 Å². The highest BCUT2D eigenvalue weighted by Crippen LogP contribution is 2.37. The van der Waals surface area contributed by atoms with E-state index in [-0.39, 0.29) is 0 Å². The number of hydrogen-bond donors (Lipinski definition) is 1. The molecule has 2 aromatic heterocycles. The van der Waals surface area contributed by atoms with Crippen LogP contribution >= 0.6 is 11.3 Å². The van der Waals surface area contributed by atoms with E-state index in [9.17, 15) is 0 Å². The van der Waals surface area contributed by atoms with Crippen molar-refractivity contribution in [2.45, 2.75) is 44.7 Å². The largest absolute Gasteiger partial charge is 0.326 e. The van der Waals surface area contributed by atoms with Crippen molar-refractivity contribution in [1.29, 1.82) is 0 Å². The molecule has 0 amide bonds. The second-order valence-corrected chi connectivity index (χ2v) is 6.63. The van der Waals surface area contributed by atoms with Gasteiger partial charge in [0.2, 0.25) is 0 Å². The first kappa shape index (κ1) is 13.8. The molecule has 0 aromatic carbocycles. The molecule has 1 saturated carbocycles. The van der Waals surface area contributed by atoms with E-state index in [0.29, 0.717) is 12.1 Å². The summed E-state index contributed by atoms with van der Waals surface area (Å²) in [7, 11) is 2.09. The Labute approximate surface area is 125 Å². The molecular weight excluding hydrogens is 266 g/mol. The zero-order valence-electron chi connectivity index (χ0n) is 12.2. The number of aromatic nitrogens is 2. The average Bonchev–Trinajstić information content (AvgIpc) is 3.16.